The molecule has 0 unspecified atom stereocenters. The number of nitro benzene ring substituents is 1. The largest absolute Gasteiger partial charge is 0.495 e. The number of nitrogens with zero attached hydrogens (tertiary/aromatic N) is 2. The van der Waals surface area contributed by atoms with Crippen molar-refractivity contribution in [3.8, 4) is 5.75 Å². The minimum absolute atomic E-state index is 0.0308. The van der Waals surface area contributed by atoms with Gasteiger partial charge in [0.1, 0.15) is 5.75 Å². The highest BCUT2D eigenvalue weighted by Crippen LogP contribution is 2.40. The summed E-state index contributed by atoms with van der Waals surface area (Å²) in [6.07, 6.45) is 1.61. The van der Waals surface area contributed by atoms with E-state index in [1.54, 1.807) is 36.4 Å². The minimum atomic E-state index is -0.418. The molecule has 1 heterocycles. The summed E-state index contributed by atoms with van der Waals surface area (Å²) in [7, 11) is 1.51. The number of methoxy groups -OCH3 is 1. The molecule has 3 aromatic rings. The molecule has 0 saturated carbocycles. The first-order chi connectivity index (χ1) is 16.3. The number of thioether (sulfide) groups is 1. The van der Waals surface area contributed by atoms with Crippen LogP contribution in [0.15, 0.2) is 75.4 Å². The summed E-state index contributed by atoms with van der Waals surface area (Å²) in [5.74, 6) is 0.166. The maximum absolute atomic E-state index is 13.1. The van der Waals surface area contributed by atoms with E-state index >= 15 is 0 Å². The molecule has 0 radical (unpaired) electrons. The monoisotopic (exact) mass is 528 g/mol. The number of hydrogen-bond acceptors (Lipinski definition) is 7. The highest BCUT2D eigenvalue weighted by Gasteiger charge is 2.33. The van der Waals surface area contributed by atoms with Crippen LogP contribution in [-0.4, -0.2) is 22.3 Å². The molecule has 0 atom stereocenters. The van der Waals surface area contributed by atoms with E-state index in [-0.39, 0.29) is 11.6 Å². The Balaban J connectivity index is 1.62. The predicted molar refractivity (Wildman–Crippen MR) is 142 cm³/mol. The van der Waals surface area contributed by atoms with E-state index in [0.717, 1.165) is 22.2 Å². The Hall–Kier alpha value is -2.85. The molecule has 0 spiro atoms. The Bertz CT molecular complexity index is 1340. The van der Waals surface area contributed by atoms with Crippen LogP contribution in [0.1, 0.15) is 11.1 Å². The summed E-state index contributed by atoms with van der Waals surface area (Å²) in [5.41, 5.74) is 2.14. The van der Waals surface area contributed by atoms with Crippen LogP contribution in [0.25, 0.3) is 6.08 Å². The van der Waals surface area contributed by atoms with Crippen molar-refractivity contribution in [3.05, 3.63) is 91.8 Å². The maximum atomic E-state index is 13.1. The van der Waals surface area contributed by atoms with Gasteiger partial charge in [-0.3, -0.25) is 19.8 Å². The molecule has 1 aliphatic rings. The molecule has 34 heavy (non-hydrogen) atoms. The number of aryl methyl sites for hydroxylation is 1. The lowest BCUT2D eigenvalue weighted by atomic mass is 10.2. The van der Waals surface area contributed by atoms with Gasteiger partial charge in [0.2, 0.25) is 0 Å². The maximum Gasteiger partial charge on any atom is 0.283 e. The first-order valence-corrected chi connectivity index (χ1v) is 12.3. The molecule has 0 N–H and O–H groups in total. The van der Waals surface area contributed by atoms with Gasteiger partial charge in [-0.25, -0.2) is 0 Å². The number of benzene rings is 3. The van der Waals surface area contributed by atoms with E-state index < -0.39 is 4.92 Å². The number of hydrogen-bond donors (Lipinski definition) is 0. The van der Waals surface area contributed by atoms with E-state index in [9.17, 15) is 14.9 Å². The van der Waals surface area contributed by atoms with Gasteiger partial charge in [-0.05, 0) is 55.0 Å². The average Bonchev–Trinajstić information content (AvgIpc) is 3.08. The van der Waals surface area contributed by atoms with Crippen molar-refractivity contribution in [2.75, 3.05) is 12.0 Å². The summed E-state index contributed by atoms with van der Waals surface area (Å²) in [6, 6.07) is 17.6. The summed E-state index contributed by atoms with van der Waals surface area (Å²) < 4.78 is 5.50. The van der Waals surface area contributed by atoms with Gasteiger partial charge in [0.25, 0.3) is 11.6 Å². The zero-order valence-electron chi connectivity index (χ0n) is 18.0. The normalized spacial score (nSPS) is 14.7. The van der Waals surface area contributed by atoms with Crippen molar-refractivity contribution in [2.24, 2.45) is 0 Å². The van der Waals surface area contributed by atoms with E-state index in [1.807, 2.05) is 31.2 Å². The van der Waals surface area contributed by atoms with Gasteiger partial charge in [-0.1, -0.05) is 71.1 Å². The van der Waals surface area contributed by atoms with Crippen LogP contribution in [-0.2, 0) is 4.79 Å². The van der Waals surface area contributed by atoms with E-state index in [1.165, 1.54) is 29.8 Å². The number of anilines is 1. The zero-order chi connectivity index (χ0) is 24.4. The summed E-state index contributed by atoms with van der Waals surface area (Å²) in [6.45, 7) is 1.98. The third kappa shape index (κ3) is 5.12. The Morgan fingerprint density at radius 2 is 1.88 bits per heavy atom. The second-order valence-corrected chi connectivity index (χ2v) is 10.4. The lowest BCUT2D eigenvalue weighted by molar-refractivity contribution is -0.387. The van der Waals surface area contributed by atoms with Gasteiger partial charge in [0.15, 0.2) is 4.32 Å². The van der Waals surface area contributed by atoms with Crippen LogP contribution in [0.4, 0.5) is 11.4 Å². The molecule has 6 nitrogen and oxygen atoms in total. The number of amides is 1. The Morgan fingerprint density at radius 3 is 2.53 bits per heavy atom. The lowest BCUT2D eigenvalue weighted by Gasteiger charge is -2.15. The van der Waals surface area contributed by atoms with Gasteiger partial charge < -0.3 is 4.74 Å². The number of ether oxygens (including phenoxy) is 1. The van der Waals surface area contributed by atoms with E-state index in [0.29, 0.717) is 36.1 Å². The van der Waals surface area contributed by atoms with Crippen molar-refractivity contribution >= 4 is 75.0 Å². The number of thiocarbonyl (C=S) groups is 1. The fourth-order valence-electron chi connectivity index (χ4n) is 3.22. The topological polar surface area (TPSA) is 72.7 Å². The fourth-order valence-corrected chi connectivity index (χ4v) is 5.67. The lowest BCUT2D eigenvalue weighted by Crippen LogP contribution is -2.27. The number of rotatable bonds is 6. The SMILES string of the molecule is COc1ccc(N2C(=O)C(=Cc3ccc(Sc4ccc(C)cc4)c([N+](=O)[O-])c3)SC2=S)cc1Cl. The smallest absolute Gasteiger partial charge is 0.283 e. The van der Waals surface area contributed by atoms with Gasteiger partial charge >= 0.3 is 0 Å². The van der Waals surface area contributed by atoms with Crippen LogP contribution in [0.3, 0.4) is 0 Å². The zero-order valence-corrected chi connectivity index (χ0v) is 21.2. The molecule has 0 aliphatic carbocycles. The van der Waals surface area contributed by atoms with E-state index in [2.05, 4.69) is 0 Å². The van der Waals surface area contributed by atoms with Gasteiger partial charge in [-0.15, -0.1) is 0 Å². The van der Waals surface area contributed by atoms with Gasteiger partial charge in [0, 0.05) is 11.0 Å². The number of carbonyl (C=O) groups excluding carboxylic acids is 1. The van der Waals surface area contributed by atoms with Crippen LogP contribution < -0.4 is 9.64 Å². The van der Waals surface area contributed by atoms with Crippen LogP contribution in [0, 0.1) is 17.0 Å². The van der Waals surface area contributed by atoms with Crippen LogP contribution >= 0.6 is 47.3 Å². The highest BCUT2D eigenvalue weighted by atomic mass is 35.5. The third-order valence-corrected chi connectivity index (χ3v) is 7.58. The molecular formula is C24H17ClN2O4S3. The van der Waals surface area contributed by atoms with Crippen molar-refractivity contribution in [1.82, 2.24) is 0 Å². The Kier molecular flexibility index (Phi) is 7.27. The molecule has 3 aromatic carbocycles. The van der Waals surface area contributed by atoms with Crippen LogP contribution in [0.5, 0.6) is 5.75 Å². The van der Waals surface area contributed by atoms with Crippen molar-refractivity contribution in [2.45, 2.75) is 16.7 Å². The fraction of sp³-hybridized carbons (Fsp3) is 0.0833. The molecule has 1 amide bonds. The molecule has 1 aliphatic heterocycles. The molecule has 0 bridgehead atoms. The molecule has 172 valence electrons. The number of nitro groups is 1. The third-order valence-electron chi connectivity index (χ3n) is 4.91. The summed E-state index contributed by atoms with van der Waals surface area (Å²) in [4.78, 5) is 27.6. The predicted octanol–water partition coefficient (Wildman–Crippen LogP) is 7.12. The molecule has 1 saturated heterocycles. The molecule has 4 rings (SSSR count). The van der Waals surface area contributed by atoms with Crippen LogP contribution in [0.2, 0.25) is 5.02 Å². The highest BCUT2D eigenvalue weighted by molar-refractivity contribution is 8.27. The first kappa shape index (κ1) is 24.3. The average molecular weight is 529 g/mol. The molecule has 10 heteroatoms. The second kappa shape index (κ2) is 10.2. The summed E-state index contributed by atoms with van der Waals surface area (Å²) in [5, 5.41) is 12.1. The standard InChI is InChI=1S/C24H17ClN2O4S3/c1-14-3-7-17(8-4-14)33-21-10-5-15(11-19(21)27(29)30)12-22-23(28)26(24(32)34-22)16-6-9-20(31-2)18(25)13-16/h3-13H,1-2H3. The Labute approximate surface area is 215 Å². The van der Waals surface area contributed by atoms with Crippen molar-refractivity contribution < 1.29 is 14.5 Å². The van der Waals surface area contributed by atoms with Gasteiger partial charge in [0.05, 0.1) is 32.5 Å². The minimum Gasteiger partial charge on any atom is -0.495 e. The molecule has 1 fully saturated rings. The first-order valence-electron chi connectivity index (χ1n) is 9.91. The van der Waals surface area contributed by atoms with Gasteiger partial charge in [-0.2, -0.15) is 0 Å². The number of carbonyl (C=O) groups is 1. The molecular weight excluding hydrogens is 512 g/mol. The van der Waals surface area contributed by atoms with E-state index in [4.69, 9.17) is 28.6 Å². The Morgan fingerprint density at radius 1 is 1.15 bits per heavy atom. The van der Waals surface area contributed by atoms with Crippen molar-refractivity contribution in [3.63, 3.8) is 0 Å². The summed E-state index contributed by atoms with van der Waals surface area (Å²) >= 11 is 14.1. The van der Waals surface area contributed by atoms with Crippen molar-refractivity contribution in [1.29, 1.82) is 0 Å². The second-order valence-electron chi connectivity index (χ2n) is 7.24. The quantitative estimate of drug-likeness (QED) is 0.146. The molecule has 0 aromatic heterocycles. The number of halogens is 1.